The molecule has 2 N–H and O–H groups in total. The molecule has 12 heteroatoms. The van der Waals surface area contributed by atoms with Gasteiger partial charge in [-0.3, -0.25) is 9.59 Å². The molecule has 10 nitrogen and oxygen atoms in total. The van der Waals surface area contributed by atoms with Gasteiger partial charge in [0.15, 0.2) is 0 Å². The van der Waals surface area contributed by atoms with Crippen LogP contribution in [-0.4, -0.2) is 68.9 Å². The van der Waals surface area contributed by atoms with Crippen LogP contribution in [0.1, 0.15) is 79.8 Å². The first-order valence-electron chi connectivity index (χ1n) is 15.3. The summed E-state index contributed by atoms with van der Waals surface area (Å²) in [7, 11) is -0.658. The molecule has 2 amide bonds. The van der Waals surface area contributed by atoms with Crippen LogP contribution in [-0.2, 0) is 16.3 Å². The van der Waals surface area contributed by atoms with Gasteiger partial charge in [-0.05, 0) is 75.3 Å². The average Bonchev–Trinajstić information content (AvgIpc) is 3.55. The topological polar surface area (TPSA) is 124 Å². The number of rotatable bonds is 12. The van der Waals surface area contributed by atoms with Gasteiger partial charge < -0.3 is 19.9 Å². The van der Waals surface area contributed by atoms with Gasteiger partial charge >= 0.3 is 0 Å². The first kappa shape index (κ1) is 33.6. The van der Waals surface area contributed by atoms with Gasteiger partial charge in [-0.2, -0.15) is 9.49 Å². The van der Waals surface area contributed by atoms with Crippen molar-refractivity contribution in [1.82, 2.24) is 25.2 Å². The van der Waals surface area contributed by atoms with Crippen molar-refractivity contribution in [2.24, 2.45) is 11.8 Å². The highest BCUT2D eigenvalue weighted by molar-refractivity contribution is 8.32. The lowest BCUT2D eigenvalue weighted by molar-refractivity contribution is -0.119. The van der Waals surface area contributed by atoms with E-state index in [-0.39, 0.29) is 24.4 Å². The normalized spacial score (nSPS) is 18.3. The predicted molar refractivity (Wildman–Crippen MR) is 173 cm³/mol. The summed E-state index contributed by atoms with van der Waals surface area (Å²) >= 11 is 0. The lowest BCUT2D eigenvalue weighted by atomic mass is 9.79. The van der Waals surface area contributed by atoms with Crippen LogP contribution in [0, 0.1) is 31.6 Å². The number of ether oxygens (including phenoxy) is 1. The standard InChI is InChI=1S/C32H47FN6O4S/c1-19(2)28-25(17-43-38-28)31(40)36-29(23-11-9-20(3)10-12-23)32(41)35-26-14-13-24(30(33)34-26)27-21(4)37-39(22(27)5)18-42-15-16-44(6,7)8/h13-14,17,19-20,23,29H,9-12,15-16,18H2,1-8H3,(H,36,40)(H,34,35,41)/t20?,23?,29-/m0/s1. The van der Waals surface area contributed by atoms with Crippen LogP contribution in [0.5, 0.6) is 0 Å². The Balaban J connectivity index is 1.50. The van der Waals surface area contributed by atoms with Gasteiger partial charge in [0.25, 0.3) is 5.91 Å². The van der Waals surface area contributed by atoms with Crippen molar-refractivity contribution >= 4 is 27.7 Å². The van der Waals surface area contributed by atoms with E-state index in [1.165, 1.54) is 6.26 Å². The number of carbonyl (C=O) groups excluding carboxylic acids is 2. The van der Waals surface area contributed by atoms with E-state index < -0.39 is 33.8 Å². The summed E-state index contributed by atoms with van der Waals surface area (Å²) in [6.07, 6.45) is 11.6. The summed E-state index contributed by atoms with van der Waals surface area (Å²) in [5.74, 6) is -0.0353. The fraction of sp³-hybridized carbons (Fsp3) is 0.594. The maximum atomic E-state index is 15.5. The van der Waals surface area contributed by atoms with E-state index in [9.17, 15) is 9.59 Å². The molecule has 4 rings (SSSR count). The van der Waals surface area contributed by atoms with E-state index in [0.717, 1.165) is 37.1 Å². The zero-order chi connectivity index (χ0) is 32.2. The van der Waals surface area contributed by atoms with Crippen LogP contribution in [0.2, 0.25) is 0 Å². The molecular weight excluding hydrogens is 583 g/mol. The van der Waals surface area contributed by atoms with Crippen molar-refractivity contribution in [3.8, 4) is 11.1 Å². The molecule has 0 unspecified atom stereocenters. The van der Waals surface area contributed by atoms with Gasteiger partial charge in [-0.15, -0.1) is 0 Å². The van der Waals surface area contributed by atoms with Crippen molar-refractivity contribution in [2.75, 3.05) is 36.4 Å². The van der Waals surface area contributed by atoms with E-state index in [2.05, 4.69) is 51.6 Å². The summed E-state index contributed by atoms with van der Waals surface area (Å²) in [4.78, 5) is 31.0. The van der Waals surface area contributed by atoms with Crippen molar-refractivity contribution in [1.29, 1.82) is 0 Å². The lowest BCUT2D eigenvalue weighted by Gasteiger charge is -2.32. The second-order valence-electron chi connectivity index (χ2n) is 13.1. The Bertz CT molecular complexity index is 1460. The SMILES string of the molecule is Cc1nn(COCCS(C)(C)C)c(C)c1-c1ccc(NC(=O)[C@@H](NC(=O)c2conc2C(C)C)C2CCC(C)CC2)nc1F. The highest BCUT2D eigenvalue weighted by atomic mass is 32.3. The van der Waals surface area contributed by atoms with Crippen molar-refractivity contribution < 1.29 is 23.2 Å². The fourth-order valence-corrected chi connectivity index (χ4v) is 6.25. The Morgan fingerprint density at radius 1 is 1.16 bits per heavy atom. The number of nitrogens with zero attached hydrogens (tertiary/aromatic N) is 4. The van der Waals surface area contributed by atoms with Crippen LogP contribution < -0.4 is 10.6 Å². The van der Waals surface area contributed by atoms with E-state index in [1.807, 2.05) is 27.7 Å². The maximum absolute atomic E-state index is 15.5. The second-order valence-corrected chi connectivity index (χ2v) is 17.7. The quantitative estimate of drug-likeness (QED) is 0.185. The summed E-state index contributed by atoms with van der Waals surface area (Å²) < 4.78 is 28.1. The number of hydrogen-bond acceptors (Lipinski definition) is 7. The van der Waals surface area contributed by atoms with Crippen molar-refractivity contribution in [2.45, 2.75) is 79.0 Å². The molecule has 1 fully saturated rings. The number of pyridine rings is 1. The van der Waals surface area contributed by atoms with E-state index in [1.54, 1.807) is 16.8 Å². The van der Waals surface area contributed by atoms with E-state index in [0.29, 0.717) is 40.6 Å². The van der Waals surface area contributed by atoms with Crippen LogP contribution in [0.4, 0.5) is 10.2 Å². The Morgan fingerprint density at radius 2 is 1.86 bits per heavy atom. The molecule has 3 aromatic rings. The summed E-state index contributed by atoms with van der Waals surface area (Å²) in [6.45, 7) is 10.7. The number of halogens is 1. The molecule has 1 aliphatic carbocycles. The van der Waals surface area contributed by atoms with Gasteiger partial charge in [-0.1, -0.05) is 38.8 Å². The van der Waals surface area contributed by atoms with Crippen molar-refractivity contribution in [3.05, 3.63) is 47.0 Å². The fourth-order valence-electron chi connectivity index (χ4n) is 5.63. The first-order valence-corrected chi connectivity index (χ1v) is 18.3. The highest BCUT2D eigenvalue weighted by Crippen LogP contribution is 2.34. The van der Waals surface area contributed by atoms with Gasteiger partial charge in [-0.25, -0.2) is 19.7 Å². The molecule has 0 bridgehead atoms. The van der Waals surface area contributed by atoms with Crippen LogP contribution in [0.3, 0.4) is 0 Å². The Labute approximate surface area is 261 Å². The molecule has 1 atom stereocenters. The molecule has 0 spiro atoms. The molecule has 1 aliphatic rings. The molecule has 0 radical (unpaired) electrons. The third kappa shape index (κ3) is 8.26. The second kappa shape index (κ2) is 14.2. The number of hydrogen-bond donors (Lipinski definition) is 2. The van der Waals surface area contributed by atoms with Gasteiger partial charge in [0.05, 0.1) is 18.0 Å². The molecule has 1 saturated carbocycles. The Kier molecular flexibility index (Phi) is 10.9. The number of amides is 2. The average molecular weight is 631 g/mol. The Morgan fingerprint density at radius 3 is 2.50 bits per heavy atom. The molecule has 0 saturated heterocycles. The van der Waals surface area contributed by atoms with E-state index >= 15 is 4.39 Å². The predicted octanol–water partition coefficient (Wildman–Crippen LogP) is 6.04. The Hall–Kier alpha value is -3.25. The number of anilines is 1. The number of aromatic nitrogens is 4. The van der Waals surface area contributed by atoms with Gasteiger partial charge in [0.2, 0.25) is 11.9 Å². The monoisotopic (exact) mass is 630 g/mol. The summed E-state index contributed by atoms with van der Waals surface area (Å²) in [6, 6.07) is 2.36. The smallest absolute Gasteiger partial charge is 0.257 e. The minimum atomic E-state index is -0.822. The minimum absolute atomic E-state index is 0.0238. The minimum Gasteiger partial charge on any atom is -0.364 e. The van der Waals surface area contributed by atoms with Crippen LogP contribution in [0.15, 0.2) is 22.9 Å². The molecule has 242 valence electrons. The molecule has 0 aliphatic heterocycles. The zero-order valence-corrected chi connectivity index (χ0v) is 28.0. The molecule has 3 heterocycles. The number of aryl methyl sites for hydroxylation is 1. The maximum Gasteiger partial charge on any atom is 0.257 e. The largest absolute Gasteiger partial charge is 0.364 e. The van der Waals surface area contributed by atoms with Crippen LogP contribution in [0.25, 0.3) is 11.1 Å². The molecule has 44 heavy (non-hydrogen) atoms. The molecule has 3 aromatic heterocycles. The third-order valence-corrected chi connectivity index (χ3v) is 9.69. The first-order chi connectivity index (χ1) is 20.7. The summed E-state index contributed by atoms with van der Waals surface area (Å²) in [5.41, 5.74) is 3.21. The van der Waals surface area contributed by atoms with Crippen LogP contribution >= 0.6 is 10.0 Å². The third-order valence-electron chi connectivity index (χ3n) is 8.29. The lowest BCUT2D eigenvalue weighted by Crippen LogP contribution is -2.49. The number of nitrogens with one attached hydrogen (secondary N) is 2. The molecule has 0 aromatic carbocycles. The molecular formula is C32H47FN6O4S. The van der Waals surface area contributed by atoms with E-state index in [4.69, 9.17) is 9.26 Å². The van der Waals surface area contributed by atoms with Crippen molar-refractivity contribution in [3.63, 3.8) is 0 Å². The zero-order valence-electron chi connectivity index (χ0n) is 27.2. The summed E-state index contributed by atoms with van der Waals surface area (Å²) in [5, 5.41) is 14.2. The van der Waals surface area contributed by atoms with Gasteiger partial charge in [0, 0.05) is 22.6 Å². The number of carbonyl (C=O) groups is 2. The van der Waals surface area contributed by atoms with Gasteiger partial charge in [0.1, 0.15) is 30.4 Å². The highest BCUT2D eigenvalue weighted by Gasteiger charge is 2.34.